The largest absolute Gasteiger partial charge is 0.508 e. The number of aliphatic hydroxyl groups is 1. The standard InChI is InChI=1S/C35H46F13NO2/c1-29-20-26(36)28-24-12-11-23(50)19-22(24)18-21(27(28)25(29)13-15-30(29,51)34(43,44)45)10-6-5-9-17-49(2)16-8-4-3-7-14-31(37,38)32(39,40)33(41,42)35(46,47)48/h11-12,19,21,25-28,50-51H,3-10,13-18,20H2,1-2H3. The quantitative estimate of drug-likeness (QED) is 0.138. The molecule has 2 saturated carbocycles. The molecule has 0 spiro atoms. The molecule has 2 N–H and O–H groups in total. The lowest BCUT2D eigenvalue weighted by Gasteiger charge is -2.56. The minimum Gasteiger partial charge on any atom is -0.508 e. The van der Waals surface area contributed by atoms with Gasteiger partial charge in [-0.15, -0.1) is 0 Å². The molecule has 0 amide bonds. The zero-order chi connectivity index (χ0) is 38.4. The zero-order valence-corrected chi connectivity index (χ0v) is 28.5. The van der Waals surface area contributed by atoms with E-state index >= 15 is 4.39 Å². The number of hydrogen-bond donors (Lipinski definition) is 2. The third-order valence-electron chi connectivity index (χ3n) is 12.1. The number of alkyl halides is 13. The molecule has 0 bridgehead atoms. The second-order valence-electron chi connectivity index (χ2n) is 15.3. The van der Waals surface area contributed by atoms with Crippen LogP contribution in [0.15, 0.2) is 18.2 Å². The summed E-state index contributed by atoms with van der Waals surface area (Å²) in [6.45, 7) is 2.45. The van der Waals surface area contributed by atoms with Crippen LogP contribution in [-0.2, 0) is 6.42 Å². The van der Waals surface area contributed by atoms with Crippen LogP contribution in [0, 0.1) is 23.2 Å². The van der Waals surface area contributed by atoms with Crippen molar-refractivity contribution < 1.29 is 67.3 Å². The van der Waals surface area contributed by atoms with Gasteiger partial charge in [-0.3, -0.25) is 0 Å². The molecule has 0 saturated heterocycles. The molecule has 0 radical (unpaired) electrons. The number of phenolic OH excluding ortho intramolecular Hbond substituents is 1. The number of benzene rings is 1. The van der Waals surface area contributed by atoms with Crippen LogP contribution in [0.4, 0.5) is 57.1 Å². The van der Waals surface area contributed by atoms with Crippen LogP contribution in [0.5, 0.6) is 5.75 Å². The van der Waals surface area contributed by atoms with Gasteiger partial charge in [-0.1, -0.05) is 38.7 Å². The molecule has 294 valence electrons. The van der Waals surface area contributed by atoms with E-state index in [9.17, 15) is 62.9 Å². The number of halogens is 13. The van der Waals surface area contributed by atoms with Crippen LogP contribution in [0.2, 0.25) is 0 Å². The second-order valence-corrected chi connectivity index (χ2v) is 15.3. The third-order valence-corrected chi connectivity index (χ3v) is 12.1. The Balaban J connectivity index is 1.25. The van der Waals surface area contributed by atoms with Gasteiger partial charge in [-0.2, -0.15) is 52.7 Å². The summed E-state index contributed by atoms with van der Waals surface area (Å²) >= 11 is 0. The first-order valence-corrected chi connectivity index (χ1v) is 17.5. The first-order chi connectivity index (χ1) is 23.3. The van der Waals surface area contributed by atoms with Crippen molar-refractivity contribution in [3.63, 3.8) is 0 Å². The molecule has 0 aliphatic heterocycles. The molecule has 7 unspecified atom stereocenters. The Morgan fingerprint density at radius 1 is 0.824 bits per heavy atom. The van der Waals surface area contributed by atoms with Gasteiger partial charge in [-0.05, 0) is 113 Å². The fourth-order valence-electron chi connectivity index (χ4n) is 9.26. The monoisotopic (exact) mass is 759 g/mol. The van der Waals surface area contributed by atoms with E-state index in [0.29, 0.717) is 50.8 Å². The second kappa shape index (κ2) is 14.7. The molecule has 0 heterocycles. The highest BCUT2D eigenvalue weighted by atomic mass is 19.4. The van der Waals surface area contributed by atoms with Gasteiger partial charge in [0.05, 0.1) is 0 Å². The van der Waals surface area contributed by atoms with Gasteiger partial charge in [0.2, 0.25) is 0 Å². The van der Waals surface area contributed by atoms with Crippen molar-refractivity contribution in [2.45, 2.75) is 138 Å². The number of fused-ring (bicyclic) bond motifs is 5. The molecule has 1 aromatic carbocycles. The predicted octanol–water partition coefficient (Wildman–Crippen LogP) is 10.6. The van der Waals surface area contributed by atoms with E-state index in [-0.39, 0.29) is 30.9 Å². The summed E-state index contributed by atoms with van der Waals surface area (Å²) in [5.74, 6) is -20.8. The Morgan fingerprint density at radius 3 is 2.00 bits per heavy atom. The van der Waals surface area contributed by atoms with Crippen LogP contribution in [-0.4, -0.2) is 77.1 Å². The summed E-state index contributed by atoms with van der Waals surface area (Å²) in [4.78, 5) is 1.93. The summed E-state index contributed by atoms with van der Waals surface area (Å²) in [5, 5.41) is 21.1. The van der Waals surface area contributed by atoms with Crippen LogP contribution in [0.1, 0.15) is 101 Å². The highest BCUT2D eigenvalue weighted by molar-refractivity contribution is 5.42. The SMILES string of the molecule is CN(CCCCCCC(F)(F)C(F)(F)C(F)(F)C(F)(F)F)CCCCCC1Cc2cc(O)ccc2C2C(F)CC3(C)C(CCC3(O)C(F)(F)F)C12. The minimum atomic E-state index is -6.88. The van der Waals surface area contributed by atoms with Gasteiger partial charge >= 0.3 is 30.1 Å². The molecule has 7 atom stereocenters. The molecule has 4 rings (SSSR count). The van der Waals surface area contributed by atoms with Crippen LogP contribution in [0.3, 0.4) is 0 Å². The zero-order valence-electron chi connectivity index (χ0n) is 28.5. The fourth-order valence-corrected chi connectivity index (χ4v) is 9.26. The van der Waals surface area contributed by atoms with E-state index in [4.69, 9.17) is 0 Å². The lowest BCUT2D eigenvalue weighted by Crippen LogP contribution is -2.61. The summed E-state index contributed by atoms with van der Waals surface area (Å²) in [5.41, 5.74) is -3.21. The van der Waals surface area contributed by atoms with Crippen LogP contribution < -0.4 is 0 Å². The van der Waals surface area contributed by atoms with Gasteiger partial charge < -0.3 is 15.1 Å². The van der Waals surface area contributed by atoms with E-state index in [1.54, 1.807) is 19.2 Å². The third kappa shape index (κ3) is 7.69. The average Bonchev–Trinajstić information content (AvgIpc) is 3.28. The van der Waals surface area contributed by atoms with Gasteiger partial charge in [-0.25, -0.2) is 4.39 Å². The molecule has 3 aliphatic rings. The summed E-state index contributed by atoms with van der Waals surface area (Å²) in [7, 11) is 1.79. The van der Waals surface area contributed by atoms with E-state index < -0.39 is 90.7 Å². The number of nitrogens with zero attached hydrogens (tertiary/aromatic N) is 1. The van der Waals surface area contributed by atoms with Crippen molar-refractivity contribution in [2.24, 2.45) is 23.2 Å². The summed E-state index contributed by atoms with van der Waals surface area (Å²) in [6, 6.07) is 4.70. The smallest absolute Gasteiger partial charge is 0.460 e. The first kappa shape index (κ1) is 41.8. The van der Waals surface area contributed by atoms with Crippen LogP contribution in [0.25, 0.3) is 0 Å². The van der Waals surface area contributed by atoms with Crippen molar-refractivity contribution >= 4 is 0 Å². The van der Waals surface area contributed by atoms with E-state index in [1.165, 1.54) is 13.0 Å². The Morgan fingerprint density at radius 2 is 1.41 bits per heavy atom. The number of unbranched alkanes of at least 4 members (excludes halogenated alkanes) is 5. The Hall–Kier alpha value is -1.97. The Labute approximate surface area is 288 Å². The van der Waals surface area contributed by atoms with Gasteiger partial charge in [0.15, 0.2) is 5.60 Å². The molecular weight excluding hydrogens is 713 g/mol. The van der Waals surface area contributed by atoms with Crippen molar-refractivity contribution in [3.05, 3.63) is 29.3 Å². The molecule has 0 aromatic heterocycles. The highest BCUT2D eigenvalue weighted by Crippen LogP contribution is 2.69. The highest BCUT2D eigenvalue weighted by Gasteiger charge is 2.81. The normalized spacial score (nSPS) is 30.3. The van der Waals surface area contributed by atoms with Gasteiger partial charge in [0.25, 0.3) is 0 Å². The summed E-state index contributed by atoms with van der Waals surface area (Å²) < 4.78 is 176. The maximum Gasteiger partial charge on any atom is 0.460 e. The number of aromatic hydroxyl groups is 1. The molecule has 3 nitrogen and oxygen atoms in total. The lowest BCUT2D eigenvalue weighted by molar-refractivity contribution is -0.396. The van der Waals surface area contributed by atoms with Gasteiger partial charge in [0, 0.05) is 17.8 Å². The average molecular weight is 760 g/mol. The Bertz CT molecular complexity index is 1340. The minimum absolute atomic E-state index is 0.0161. The van der Waals surface area contributed by atoms with E-state index in [1.807, 2.05) is 4.90 Å². The topological polar surface area (TPSA) is 43.7 Å². The molecule has 3 aliphatic carbocycles. The number of phenols is 1. The van der Waals surface area contributed by atoms with E-state index in [0.717, 1.165) is 12.0 Å². The number of hydrogen-bond acceptors (Lipinski definition) is 3. The van der Waals surface area contributed by atoms with Gasteiger partial charge in [0.1, 0.15) is 11.9 Å². The molecule has 16 heteroatoms. The van der Waals surface area contributed by atoms with Crippen molar-refractivity contribution in [1.29, 1.82) is 0 Å². The van der Waals surface area contributed by atoms with Crippen molar-refractivity contribution in [1.82, 2.24) is 4.90 Å². The molecule has 51 heavy (non-hydrogen) atoms. The lowest BCUT2D eigenvalue weighted by atomic mass is 9.49. The summed E-state index contributed by atoms with van der Waals surface area (Å²) in [6.07, 6.45) is -12.8. The molecular formula is C35H46F13NO2. The molecule has 1 aromatic rings. The Kier molecular flexibility index (Phi) is 12.0. The molecule has 2 fully saturated rings. The fraction of sp³-hybridized carbons (Fsp3) is 0.829. The van der Waals surface area contributed by atoms with Crippen molar-refractivity contribution in [3.8, 4) is 5.75 Å². The maximum absolute atomic E-state index is 16.1. The van der Waals surface area contributed by atoms with Crippen LogP contribution >= 0.6 is 0 Å². The van der Waals surface area contributed by atoms with Crippen molar-refractivity contribution in [2.75, 3.05) is 20.1 Å². The predicted molar refractivity (Wildman–Crippen MR) is 163 cm³/mol. The maximum atomic E-state index is 16.1. The first-order valence-electron chi connectivity index (χ1n) is 17.5. The number of rotatable bonds is 15. The van der Waals surface area contributed by atoms with E-state index in [2.05, 4.69) is 0 Å².